The zero-order valence-corrected chi connectivity index (χ0v) is 15.7. The third kappa shape index (κ3) is 7.07. The van der Waals surface area contributed by atoms with E-state index in [1.165, 1.54) is 0 Å². The molecule has 0 bridgehead atoms. The summed E-state index contributed by atoms with van der Waals surface area (Å²) in [7, 11) is 4.05. The molecule has 1 saturated heterocycles. The van der Waals surface area contributed by atoms with Crippen molar-refractivity contribution in [3.63, 3.8) is 0 Å². The van der Waals surface area contributed by atoms with Gasteiger partial charge < -0.3 is 20.3 Å². The second kappa shape index (κ2) is 10.5. The van der Waals surface area contributed by atoms with Gasteiger partial charge in [0, 0.05) is 25.0 Å². The molecular formula is C18H30ClN3O2. The normalized spacial score (nSPS) is 20.3. The first kappa shape index (κ1) is 20.7. The summed E-state index contributed by atoms with van der Waals surface area (Å²) in [5.41, 5.74) is 1.10. The lowest BCUT2D eigenvalue weighted by Gasteiger charge is -2.27. The topological polar surface area (TPSA) is 53.6 Å². The molecule has 1 heterocycles. The largest absolute Gasteiger partial charge is 0.492 e. The molecule has 1 aromatic rings. The molecule has 1 fully saturated rings. The Morgan fingerprint density at radius 2 is 2.04 bits per heavy atom. The van der Waals surface area contributed by atoms with E-state index >= 15 is 0 Å². The van der Waals surface area contributed by atoms with Crippen molar-refractivity contribution in [2.24, 2.45) is 5.92 Å². The van der Waals surface area contributed by atoms with Crippen LogP contribution in [0.5, 0.6) is 5.75 Å². The number of rotatable bonds is 7. The number of nitrogens with zero attached hydrogens (tertiary/aromatic N) is 1. The van der Waals surface area contributed by atoms with E-state index in [1.54, 1.807) is 0 Å². The first-order chi connectivity index (χ1) is 11.0. The molecule has 24 heavy (non-hydrogen) atoms. The van der Waals surface area contributed by atoms with Crippen molar-refractivity contribution in [1.29, 1.82) is 0 Å². The Hall–Kier alpha value is -1.30. The van der Waals surface area contributed by atoms with Crippen LogP contribution in [0.3, 0.4) is 0 Å². The number of piperidine rings is 1. The number of nitrogens with one attached hydrogen (secondary N) is 2. The van der Waals surface area contributed by atoms with Crippen LogP contribution in [0.1, 0.15) is 25.3 Å². The fourth-order valence-corrected chi connectivity index (χ4v) is 2.75. The Morgan fingerprint density at radius 1 is 1.33 bits per heavy atom. The number of carbonyl (C=O) groups is 1. The molecular weight excluding hydrogens is 326 g/mol. The molecule has 0 aromatic heterocycles. The maximum absolute atomic E-state index is 12.2. The molecule has 1 aliphatic heterocycles. The third-order valence-electron chi connectivity index (χ3n) is 4.19. The summed E-state index contributed by atoms with van der Waals surface area (Å²) in [5.74, 6) is 1.18. The van der Waals surface area contributed by atoms with Gasteiger partial charge in [-0.2, -0.15) is 0 Å². The predicted molar refractivity (Wildman–Crippen MR) is 99.8 cm³/mol. The fourth-order valence-electron chi connectivity index (χ4n) is 2.75. The third-order valence-corrected chi connectivity index (χ3v) is 4.19. The van der Waals surface area contributed by atoms with E-state index in [9.17, 15) is 4.79 Å². The molecule has 1 aliphatic rings. The van der Waals surface area contributed by atoms with Gasteiger partial charge in [0.25, 0.3) is 0 Å². The molecule has 1 aromatic carbocycles. The molecule has 2 atom stereocenters. The quantitative estimate of drug-likeness (QED) is 0.786. The van der Waals surface area contributed by atoms with E-state index in [0.29, 0.717) is 19.2 Å². The number of hydrogen-bond donors (Lipinski definition) is 2. The first-order valence-electron chi connectivity index (χ1n) is 8.42. The summed E-state index contributed by atoms with van der Waals surface area (Å²) < 4.78 is 5.67. The lowest BCUT2D eigenvalue weighted by Crippen LogP contribution is -2.42. The highest BCUT2D eigenvalue weighted by molar-refractivity contribution is 5.85. The smallest absolute Gasteiger partial charge is 0.223 e. The van der Waals surface area contributed by atoms with E-state index in [2.05, 4.69) is 22.5 Å². The van der Waals surface area contributed by atoms with Crippen molar-refractivity contribution in [3.05, 3.63) is 29.8 Å². The minimum Gasteiger partial charge on any atom is -0.492 e. The van der Waals surface area contributed by atoms with E-state index < -0.39 is 0 Å². The van der Waals surface area contributed by atoms with Gasteiger partial charge in [-0.1, -0.05) is 12.1 Å². The summed E-state index contributed by atoms with van der Waals surface area (Å²) in [6.07, 6.45) is 1.85. The highest BCUT2D eigenvalue weighted by Gasteiger charge is 2.24. The maximum Gasteiger partial charge on any atom is 0.223 e. The van der Waals surface area contributed by atoms with Crippen LogP contribution in [-0.4, -0.2) is 50.6 Å². The van der Waals surface area contributed by atoms with Gasteiger partial charge in [-0.05, 0) is 58.1 Å². The van der Waals surface area contributed by atoms with E-state index in [4.69, 9.17) is 4.74 Å². The number of hydrogen-bond acceptors (Lipinski definition) is 4. The summed E-state index contributed by atoms with van der Waals surface area (Å²) in [6, 6.07) is 8.37. The maximum atomic E-state index is 12.2. The average Bonchev–Trinajstić information content (AvgIpc) is 2.53. The molecule has 0 saturated carbocycles. The van der Waals surface area contributed by atoms with Crippen molar-refractivity contribution < 1.29 is 9.53 Å². The number of benzene rings is 1. The Balaban J connectivity index is 0.00000288. The monoisotopic (exact) mass is 355 g/mol. The van der Waals surface area contributed by atoms with Gasteiger partial charge >= 0.3 is 0 Å². The Bertz CT molecular complexity index is 494. The van der Waals surface area contributed by atoms with E-state index in [0.717, 1.165) is 37.2 Å². The van der Waals surface area contributed by atoms with Crippen LogP contribution >= 0.6 is 12.4 Å². The van der Waals surface area contributed by atoms with Crippen LogP contribution in [0.4, 0.5) is 0 Å². The van der Waals surface area contributed by atoms with Gasteiger partial charge in [0.15, 0.2) is 0 Å². The zero-order valence-electron chi connectivity index (χ0n) is 14.9. The Labute approximate surface area is 151 Å². The molecule has 0 radical (unpaired) electrons. The zero-order chi connectivity index (χ0) is 16.7. The van der Waals surface area contributed by atoms with Crippen LogP contribution < -0.4 is 15.4 Å². The van der Waals surface area contributed by atoms with Crippen LogP contribution in [0.25, 0.3) is 0 Å². The Morgan fingerprint density at radius 3 is 2.67 bits per heavy atom. The number of halogens is 1. The number of likely N-dealkylation sites (N-methyl/N-ethyl adjacent to an activating group) is 1. The number of carbonyl (C=O) groups excluding carboxylic acids is 1. The van der Waals surface area contributed by atoms with Crippen LogP contribution in [0, 0.1) is 5.92 Å². The molecule has 5 nitrogen and oxygen atoms in total. The molecule has 0 aliphatic carbocycles. The van der Waals surface area contributed by atoms with Gasteiger partial charge in [0.1, 0.15) is 12.4 Å². The van der Waals surface area contributed by atoms with Crippen LogP contribution in [0.15, 0.2) is 24.3 Å². The van der Waals surface area contributed by atoms with Crippen molar-refractivity contribution in [2.45, 2.75) is 32.4 Å². The SMILES string of the molecule is C[C@H]1C[C@@H](C(=O)NCc2ccc(OCCN(C)C)cc2)CCN1.Cl. The van der Waals surface area contributed by atoms with Gasteiger partial charge in [0.2, 0.25) is 5.91 Å². The van der Waals surface area contributed by atoms with Gasteiger partial charge in [0.05, 0.1) is 0 Å². The lowest BCUT2D eigenvalue weighted by atomic mass is 9.92. The predicted octanol–water partition coefficient (Wildman–Crippen LogP) is 2.05. The minimum atomic E-state index is 0. The highest BCUT2D eigenvalue weighted by Crippen LogP contribution is 2.17. The van der Waals surface area contributed by atoms with Crippen molar-refractivity contribution in [3.8, 4) is 5.75 Å². The Kier molecular flexibility index (Phi) is 9.11. The second-order valence-corrected chi connectivity index (χ2v) is 6.59. The van der Waals surface area contributed by atoms with Crippen molar-refractivity contribution in [2.75, 3.05) is 33.8 Å². The van der Waals surface area contributed by atoms with Crippen LogP contribution in [-0.2, 0) is 11.3 Å². The summed E-state index contributed by atoms with van der Waals surface area (Å²) >= 11 is 0. The van der Waals surface area contributed by atoms with E-state index in [1.807, 2.05) is 38.4 Å². The molecule has 2 N–H and O–H groups in total. The molecule has 1 amide bonds. The first-order valence-corrected chi connectivity index (χ1v) is 8.42. The lowest BCUT2D eigenvalue weighted by molar-refractivity contribution is -0.126. The molecule has 2 rings (SSSR count). The average molecular weight is 356 g/mol. The van der Waals surface area contributed by atoms with E-state index in [-0.39, 0.29) is 24.2 Å². The standard InChI is InChI=1S/C18H29N3O2.ClH/c1-14-12-16(8-9-19-14)18(22)20-13-15-4-6-17(7-5-15)23-11-10-21(2)3;/h4-7,14,16,19H,8-13H2,1-3H3,(H,20,22);1H/t14-,16-;/m0./s1. The molecule has 136 valence electrons. The van der Waals surface area contributed by atoms with Gasteiger partial charge in [-0.15, -0.1) is 12.4 Å². The number of ether oxygens (including phenoxy) is 1. The van der Waals surface area contributed by atoms with Crippen molar-refractivity contribution >= 4 is 18.3 Å². The molecule has 0 unspecified atom stereocenters. The number of amides is 1. The second-order valence-electron chi connectivity index (χ2n) is 6.59. The minimum absolute atomic E-state index is 0. The van der Waals surface area contributed by atoms with Gasteiger partial charge in [-0.25, -0.2) is 0 Å². The molecule has 6 heteroatoms. The highest BCUT2D eigenvalue weighted by atomic mass is 35.5. The molecule has 0 spiro atoms. The van der Waals surface area contributed by atoms with Crippen molar-refractivity contribution in [1.82, 2.24) is 15.5 Å². The summed E-state index contributed by atoms with van der Waals surface area (Å²) in [5, 5.41) is 6.43. The van der Waals surface area contributed by atoms with Crippen LogP contribution in [0.2, 0.25) is 0 Å². The summed E-state index contributed by atoms with van der Waals surface area (Å²) in [4.78, 5) is 14.3. The summed E-state index contributed by atoms with van der Waals surface area (Å²) in [6.45, 7) is 5.21. The van der Waals surface area contributed by atoms with Gasteiger partial charge in [-0.3, -0.25) is 4.79 Å². The fraction of sp³-hybridized carbons (Fsp3) is 0.611.